The molecule has 0 aliphatic heterocycles. The SMILES string of the molecule is CCOC(=O)C([NH3+])C(C)C. The van der Waals surface area contributed by atoms with Crippen molar-refractivity contribution >= 4 is 5.97 Å². The highest BCUT2D eigenvalue weighted by atomic mass is 16.5. The third kappa shape index (κ3) is 2.82. The third-order valence-electron chi connectivity index (χ3n) is 1.39. The summed E-state index contributed by atoms with van der Waals surface area (Å²) in [6, 6.07) is -0.222. The van der Waals surface area contributed by atoms with E-state index in [9.17, 15) is 4.79 Å². The predicted octanol–water partition coefficient (Wildman–Crippen LogP) is -0.184. The van der Waals surface area contributed by atoms with Gasteiger partial charge in [-0.1, -0.05) is 13.8 Å². The van der Waals surface area contributed by atoms with Crippen LogP contribution in [0, 0.1) is 5.92 Å². The van der Waals surface area contributed by atoms with Crippen molar-refractivity contribution in [1.29, 1.82) is 0 Å². The Morgan fingerprint density at radius 1 is 1.60 bits per heavy atom. The van der Waals surface area contributed by atoms with Crippen molar-refractivity contribution < 1.29 is 15.3 Å². The summed E-state index contributed by atoms with van der Waals surface area (Å²) in [6.45, 7) is 6.14. The highest BCUT2D eigenvalue weighted by Gasteiger charge is 2.21. The molecule has 0 spiro atoms. The van der Waals surface area contributed by atoms with E-state index in [4.69, 9.17) is 4.74 Å². The normalized spacial score (nSPS) is 13.3. The average molecular weight is 146 g/mol. The number of quaternary nitrogens is 1. The van der Waals surface area contributed by atoms with Crippen molar-refractivity contribution in [3.63, 3.8) is 0 Å². The van der Waals surface area contributed by atoms with E-state index in [1.807, 2.05) is 13.8 Å². The number of hydrogen-bond acceptors (Lipinski definition) is 2. The lowest BCUT2D eigenvalue weighted by molar-refractivity contribution is -0.418. The van der Waals surface area contributed by atoms with Gasteiger partial charge in [-0.25, -0.2) is 4.79 Å². The number of carbonyl (C=O) groups is 1. The molecule has 3 N–H and O–H groups in total. The van der Waals surface area contributed by atoms with Crippen molar-refractivity contribution in [3.05, 3.63) is 0 Å². The van der Waals surface area contributed by atoms with Gasteiger partial charge in [0.05, 0.1) is 6.61 Å². The Hall–Kier alpha value is -0.570. The van der Waals surface area contributed by atoms with Gasteiger partial charge in [0.1, 0.15) is 0 Å². The molecule has 0 radical (unpaired) electrons. The maximum atomic E-state index is 10.9. The largest absolute Gasteiger partial charge is 0.462 e. The molecule has 0 aromatic rings. The number of hydrogen-bond donors (Lipinski definition) is 1. The third-order valence-corrected chi connectivity index (χ3v) is 1.39. The van der Waals surface area contributed by atoms with E-state index in [1.54, 1.807) is 6.92 Å². The van der Waals surface area contributed by atoms with Crippen LogP contribution in [0.2, 0.25) is 0 Å². The summed E-state index contributed by atoms with van der Waals surface area (Å²) in [5.74, 6) is 0.0663. The number of esters is 1. The highest BCUT2D eigenvalue weighted by molar-refractivity contribution is 5.74. The van der Waals surface area contributed by atoms with Crippen molar-refractivity contribution in [2.24, 2.45) is 5.92 Å². The van der Waals surface area contributed by atoms with Gasteiger partial charge in [0.2, 0.25) is 0 Å². The quantitative estimate of drug-likeness (QED) is 0.561. The van der Waals surface area contributed by atoms with Gasteiger partial charge in [0.25, 0.3) is 0 Å². The maximum Gasteiger partial charge on any atom is 0.365 e. The number of carbonyl (C=O) groups excluding carboxylic acids is 1. The summed E-state index contributed by atoms with van der Waals surface area (Å²) in [4.78, 5) is 10.9. The summed E-state index contributed by atoms with van der Waals surface area (Å²) >= 11 is 0. The van der Waals surface area contributed by atoms with Gasteiger partial charge in [0.15, 0.2) is 6.04 Å². The van der Waals surface area contributed by atoms with Crippen molar-refractivity contribution in [1.82, 2.24) is 0 Å². The molecular formula is C7H16NO2+. The van der Waals surface area contributed by atoms with Gasteiger partial charge in [-0.2, -0.15) is 0 Å². The Balaban J connectivity index is 3.71. The summed E-state index contributed by atoms with van der Waals surface area (Å²) in [5, 5.41) is 0. The van der Waals surface area contributed by atoms with E-state index in [0.717, 1.165) is 0 Å². The van der Waals surface area contributed by atoms with Crippen LogP contribution in [0.5, 0.6) is 0 Å². The molecular weight excluding hydrogens is 130 g/mol. The Labute approximate surface area is 61.5 Å². The summed E-state index contributed by atoms with van der Waals surface area (Å²) in [6.07, 6.45) is 0. The molecule has 3 heteroatoms. The van der Waals surface area contributed by atoms with Crippen LogP contribution in [0.4, 0.5) is 0 Å². The zero-order valence-corrected chi connectivity index (χ0v) is 6.89. The lowest BCUT2D eigenvalue weighted by Gasteiger charge is -2.09. The highest BCUT2D eigenvalue weighted by Crippen LogP contribution is 1.97. The topological polar surface area (TPSA) is 53.9 Å². The van der Waals surface area contributed by atoms with E-state index in [-0.39, 0.29) is 17.9 Å². The number of ether oxygens (including phenoxy) is 1. The van der Waals surface area contributed by atoms with Crippen LogP contribution in [0.25, 0.3) is 0 Å². The van der Waals surface area contributed by atoms with E-state index < -0.39 is 0 Å². The molecule has 0 rings (SSSR count). The molecule has 1 atom stereocenters. The fourth-order valence-electron chi connectivity index (χ4n) is 0.521. The first kappa shape index (κ1) is 9.43. The van der Waals surface area contributed by atoms with Crippen LogP contribution in [0.15, 0.2) is 0 Å². The van der Waals surface area contributed by atoms with Gasteiger partial charge < -0.3 is 10.5 Å². The zero-order chi connectivity index (χ0) is 8.15. The summed E-state index contributed by atoms with van der Waals surface area (Å²) in [7, 11) is 0. The Bertz CT molecular complexity index is 112. The van der Waals surface area contributed by atoms with E-state index in [1.165, 1.54) is 0 Å². The second-order valence-electron chi connectivity index (χ2n) is 2.60. The second kappa shape index (κ2) is 4.28. The lowest BCUT2D eigenvalue weighted by atomic mass is 10.1. The molecule has 0 saturated carbocycles. The smallest absolute Gasteiger partial charge is 0.365 e. The fourth-order valence-corrected chi connectivity index (χ4v) is 0.521. The molecule has 0 aliphatic rings. The summed E-state index contributed by atoms with van der Waals surface area (Å²) in [5.41, 5.74) is 3.68. The average Bonchev–Trinajstić information content (AvgIpc) is 1.87. The zero-order valence-electron chi connectivity index (χ0n) is 6.89. The Kier molecular flexibility index (Phi) is 4.03. The lowest BCUT2D eigenvalue weighted by Crippen LogP contribution is -2.67. The minimum atomic E-state index is -0.222. The molecule has 0 aliphatic carbocycles. The molecule has 10 heavy (non-hydrogen) atoms. The minimum Gasteiger partial charge on any atom is -0.462 e. The van der Waals surface area contributed by atoms with Gasteiger partial charge in [0, 0.05) is 5.92 Å². The maximum absolute atomic E-state index is 10.9. The Morgan fingerprint density at radius 3 is 2.40 bits per heavy atom. The first-order valence-electron chi connectivity index (χ1n) is 3.59. The van der Waals surface area contributed by atoms with Gasteiger partial charge in [-0.05, 0) is 6.92 Å². The second-order valence-corrected chi connectivity index (χ2v) is 2.60. The van der Waals surface area contributed by atoms with Crippen LogP contribution in [-0.2, 0) is 9.53 Å². The van der Waals surface area contributed by atoms with E-state index in [2.05, 4.69) is 5.73 Å². The van der Waals surface area contributed by atoms with E-state index >= 15 is 0 Å². The molecule has 0 amide bonds. The standard InChI is InChI=1S/C7H15NO2/c1-4-10-7(9)6(8)5(2)3/h5-6H,4,8H2,1-3H3/p+1. The van der Waals surface area contributed by atoms with Crippen LogP contribution < -0.4 is 5.73 Å². The molecule has 0 aromatic heterocycles. The first-order valence-corrected chi connectivity index (χ1v) is 3.59. The molecule has 60 valence electrons. The minimum absolute atomic E-state index is 0.197. The van der Waals surface area contributed by atoms with Crippen LogP contribution in [0.1, 0.15) is 20.8 Å². The van der Waals surface area contributed by atoms with Gasteiger partial charge >= 0.3 is 5.97 Å². The van der Waals surface area contributed by atoms with E-state index in [0.29, 0.717) is 6.61 Å². The van der Waals surface area contributed by atoms with Crippen molar-refractivity contribution in [2.45, 2.75) is 26.8 Å². The van der Waals surface area contributed by atoms with Crippen LogP contribution in [0.3, 0.4) is 0 Å². The fraction of sp³-hybridized carbons (Fsp3) is 0.857. The molecule has 0 aromatic carbocycles. The van der Waals surface area contributed by atoms with Crippen LogP contribution >= 0.6 is 0 Å². The van der Waals surface area contributed by atoms with Gasteiger partial charge in [-0.3, -0.25) is 0 Å². The molecule has 0 heterocycles. The van der Waals surface area contributed by atoms with Gasteiger partial charge in [-0.15, -0.1) is 0 Å². The molecule has 0 saturated heterocycles. The summed E-state index contributed by atoms with van der Waals surface area (Å²) < 4.78 is 4.76. The predicted molar refractivity (Wildman–Crippen MR) is 38.1 cm³/mol. The van der Waals surface area contributed by atoms with Crippen molar-refractivity contribution in [2.75, 3.05) is 6.61 Å². The molecule has 3 nitrogen and oxygen atoms in total. The number of rotatable bonds is 3. The monoisotopic (exact) mass is 146 g/mol. The first-order chi connectivity index (χ1) is 4.59. The Morgan fingerprint density at radius 2 is 2.10 bits per heavy atom. The molecule has 0 bridgehead atoms. The van der Waals surface area contributed by atoms with Crippen molar-refractivity contribution in [3.8, 4) is 0 Å². The molecule has 1 unspecified atom stereocenters. The molecule has 0 fully saturated rings. The van der Waals surface area contributed by atoms with Crippen LogP contribution in [-0.4, -0.2) is 18.6 Å².